The molecule has 0 saturated carbocycles. The molecule has 0 amide bonds. The zero-order chi connectivity index (χ0) is 19.9. The summed E-state index contributed by atoms with van der Waals surface area (Å²) in [5.74, 6) is 0. The quantitative estimate of drug-likeness (QED) is 0.417. The van der Waals surface area contributed by atoms with E-state index in [-0.39, 0.29) is 17.2 Å². The van der Waals surface area contributed by atoms with Gasteiger partial charge >= 0.3 is 0 Å². The minimum Gasteiger partial charge on any atom is -0.411 e. The van der Waals surface area contributed by atoms with Crippen molar-refractivity contribution >= 4 is 8.32 Å². The first kappa shape index (κ1) is 21.6. The smallest absolute Gasteiger partial charge is 0.192 e. The Kier molecular flexibility index (Phi) is 7.60. The van der Waals surface area contributed by atoms with Crippen molar-refractivity contribution in [3.8, 4) is 0 Å². The molecular weight excluding hydrogens is 346 g/mol. The van der Waals surface area contributed by atoms with Crippen molar-refractivity contribution in [3.05, 3.63) is 83.9 Å². The summed E-state index contributed by atoms with van der Waals surface area (Å²) in [7, 11) is -1.76. The molecule has 0 saturated heterocycles. The molecule has 0 bridgehead atoms. The summed E-state index contributed by atoms with van der Waals surface area (Å²) < 4.78 is 6.48. The van der Waals surface area contributed by atoms with E-state index in [4.69, 9.17) is 4.43 Å². The standard InChI is InChI=1S/C24H35NOSi/c1-20(26-27(5,6)24(2,3)4)17-18-23(22-15-11-8-12-16-22)25-19-21-13-9-7-10-14-21/h7-18,20,23,25H,19H2,1-6H3/t20-,23+/m0/s1. The highest BCUT2D eigenvalue weighted by Crippen LogP contribution is 2.37. The van der Waals surface area contributed by atoms with Crippen molar-refractivity contribution in [2.45, 2.75) is 64.5 Å². The SMILES string of the molecule is C[C@@H](C=C[C@@H](NCc1ccccc1)c1ccccc1)O[Si](C)(C)C(C)(C)C. The fraction of sp³-hybridized carbons (Fsp3) is 0.417. The summed E-state index contributed by atoms with van der Waals surface area (Å²) in [6.07, 6.45) is 4.56. The lowest BCUT2D eigenvalue weighted by molar-refractivity contribution is 0.242. The first-order valence-electron chi connectivity index (χ1n) is 9.87. The highest BCUT2D eigenvalue weighted by molar-refractivity contribution is 6.74. The van der Waals surface area contributed by atoms with Gasteiger partial charge in [0.15, 0.2) is 8.32 Å². The van der Waals surface area contributed by atoms with Crippen molar-refractivity contribution in [2.75, 3.05) is 0 Å². The van der Waals surface area contributed by atoms with E-state index in [1.165, 1.54) is 11.1 Å². The van der Waals surface area contributed by atoms with Crippen LogP contribution in [0.5, 0.6) is 0 Å². The Labute approximate surface area is 166 Å². The molecule has 2 atom stereocenters. The van der Waals surface area contributed by atoms with Crippen LogP contribution in [0.2, 0.25) is 18.1 Å². The third-order valence-corrected chi connectivity index (χ3v) is 9.96. The number of nitrogens with one attached hydrogen (secondary N) is 1. The fourth-order valence-corrected chi connectivity index (χ4v) is 4.09. The van der Waals surface area contributed by atoms with Gasteiger partial charge in [0.05, 0.1) is 12.1 Å². The van der Waals surface area contributed by atoms with Gasteiger partial charge in [-0.25, -0.2) is 0 Å². The molecule has 0 heterocycles. The van der Waals surface area contributed by atoms with Crippen molar-refractivity contribution in [1.82, 2.24) is 5.32 Å². The maximum absolute atomic E-state index is 6.48. The van der Waals surface area contributed by atoms with Gasteiger partial charge in [-0.05, 0) is 36.2 Å². The second kappa shape index (κ2) is 9.49. The highest BCUT2D eigenvalue weighted by Gasteiger charge is 2.38. The van der Waals surface area contributed by atoms with E-state index in [2.05, 4.69) is 119 Å². The summed E-state index contributed by atoms with van der Waals surface area (Å²) >= 11 is 0. The first-order chi connectivity index (χ1) is 12.7. The van der Waals surface area contributed by atoms with Crippen LogP contribution in [0.15, 0.2) is 72.8 Å². The number of hydrogen-bond acceptors (Lipinski definition) is 2. The van der Waals surface area contributed by atoms with E-state index in [1.54, 1.807) is 0 Å². The van der Waals surface area contributed by atoms with Gasteiger partial charge in [0, 0.05) is 6.54 Å². The Hall–Kier alpha value is -1.68. The maximum Gasteiger partial charge on any atom is 0.192 e. The molecule has 2 rings (SSSR count). The van der Waals surface area contributed by atoms with Crippen LogP contribution in [0.3, 0.4) is 0 Å². The van der Waals surface area contributed by atoms with E-state index >= 15 is 0 Å². The molecule has 3 heteroatoms. The molecule has 27 heavy (non-hydrogen) atoms. The predicted octanol–water partition coefficient (Wildman–Crippen LogP) is 6.48. The summed E-state index contributed by atoms with van der Waals surface area (Å²) in [5, 5.41) is 3.89. The van der Waals surface area contributed by atoms with E-state index in [1.807, 2.05) is 0 Å². The molecule has 0 fully saturated rings. The minimum absolute atomic E-state index is 0.107. The Balaban J connectivity index is 2.08. The first-order valence-corrected chi connectivity index (χ1v) is 12.8. The Bertz CT molecular complexity index is 704. The van der Waals surface area contributed by atoms with Crippen LogP contribution in [0.4, 0.5) is 0 Å². The van der Waals surface area contributed by atoms with Crippen molar-refractivity contribution in [2.24, 2.45) is 0 Å². The summed E-state index contributed by atoms with van der Waals surface area (Å²) in [6.45, 7) is 14.4. The van der Waals surface area contributed by atoms with Gasteiger partial charge < -0.3 is 9.74 Å². The van der Waals surface area contributed by atoms with Crippen LogP contribution in [0.1, 0.15) is 44.9 Å². The van der Waals surface area contributed by atoms with Gasteiger partial charge in [-0.1, -0.05) is 93.6 Å². The topological polar surface area (TPSA) is 21.3 Å². The Morgan fingerprint density at radius 2 is 1.48 bits per heavy atom. The van der Waals surface area contributed by atoms with E-state index in [0.29, 0.717) is 0 Å². The molecule has 0 aliphatic carbocycles. The third kappa shape index (κ3) is 6.76. The molecular formula is C24H35NOSi. The third-order valence-electron chi connectivity index (χ3n) is 5.39. The van der Waals surface area contributed by atoms with Crippen molar-refractivity contribution < 1.29 is 4.43 Å². The molecule has 0 aromatic heterocycles. The Morgan fingerprint density at radius 3 is 2.04 bits per heavy atom. The normalized spacial score (nSPS) is 15.0. The van der Waals surface area contributed by atoms with Gasteiger partial charge in [-0.15, -0.1) is 0 Å². The van der Waals surface area contributed by atoms with Crippen LogP contribution in [-0.2, 0) is 11.0 Å². The van der Waals surface area contributed by atoms with Gasteiger partial charge in [0.2, 0.25) is 0 Å². The van der Waals surface area contributed by atoms with Crippen LogP contribution in [0, 0.1) is 0 Å². The van der Waals surface area contributed by atoms with Crippen LogP contribution in [-0.4, -0.2) is 14.4 Å². The maximum atomic E-state index is 6.48. The molecule has 146 valence electrons. The second-order valence-corrected chi connectivity index (χ2v) is 13.5. The van der Waals surface area contributed by atoms with Gasteiger partial charge in [0.25, 0.3) is 0 Å². The highest BCUT2D eigenvalue weighted by atomic mass is 28.4. The second-order valence-electron chi connectivity index (χ2n) is 8.72. The molecule has 2 aromatic carbocycles. The zero-order valence-corrected chi connectivity index (χ0v) is 18.7. The van der Waals surface area contributed by atoms with Crippen LogP contribution >= 0.6 is 0 Å². The Morgan fingerprint density at radius 1 is 0.926 bits per heavy atom. The summed E-state index contributed by atoms with van der Waals surface area (Å²) in [4.78, 5) is 0. The molecule has 2 nitrogen and oxygen atoms in total. The van der Waals surface area contributed by atoms with Gasteiger partial charge in [0.1, 0.15) is 0 Å². The molecule has 0 spiro atoms. The largest absolute Gasteiger partial charge is 0.411 e. The molecule has 0 aliphatic rings. The fourth-order valence-electron chi connectivity index (χ4n) is 2.73. The predicted molar refractivity (Wildman–Crippen MR) is 119 cm³/mol. The number of hydrogen-bond donors (Lipinski definition) is 1. The molecule has 0 aliphatic heterocycles. The zero-order valence-electron chi connectivity index (χ0n) is 17.7. The molecule has 0 unspecified atom stereocenters. The lowest BCUT2D eigenvalue weighted by Crippen LogP contribution is -2.42. The van der Waals surface area contributed by atoms with Gasteiger partial charge in [-0.3, -0.25) is 0 Å². The summed E-state index contributed by atoms with van der Waals surface area (Å²) in [6, 6.07) is 21.3. The minimum atomic E-state index is -1.76. The van der Waals surface area contributed by atoms with Gasteiger partial charge in [-0.2, -0.15) is 0 Å². The lowest BCUT2D eigenvalue weighted by atomic mass is 10.1. The van der Waals surface area contributed by atoms with Crippen molar-refractivity contribution in [1.29, 1.82) is 0 Å². The van der Waals surface area contributed by atoms with E-state index in [9.17, 15) is 0 Å². The number of benzene rings is 2. The van der Waals surface area contributed by atoms with Crippen LogP contribution < -0.4 is 5.32 Å². The molecule has 0 radical (unpaired) electrons. The lowest BCUT2D eigenvalue weighted by Gasteiger charge is -2.38. The monoisotopic (exact) mass is 381 g/mol. The number of rotatable bonds is 8. The van der Waals surface area contributed by atoms with Crippen molar-refractivity contribution in [3.63, 3.8) is 0 Å². The van der Waals surface area contributed by atoms with Crippen LogP contribution in [0.25, 0.3) is 0 Å². The molecule has 1 N–H and O–H groups in total. The van der Waals surface area contributed by atoms with E-state index in [0.717, 1.165) is 6.54 Å². The summed E-state index contributed by atoms with van der Waals surface area (Å²) in [5.41, 5.74) is 2.56. The van der Waals surface area contributed by atoms with E-state index < -0.39 is 8.32 Å². The average molecular weight is 382 g/mol. The molecule has 2 aromatic rings. The average Bonchev–Trinajstić information content (AvgIpc) is 2.62.